The molecule has 1 aliphatic heterocycles. The highest BCUT2D eigenvalue weighted by Crippen LogP contribution is 2.19. The van der Waals surface area contributed by atoms with E-state index in [1.807, 2.05) is 6.42 Å². The average Bonchev–Trinajstić information content (AvgIpc) is 1.98. The molecule has 1 amide bonds. The van der Waals surface area contributed by atoms with Crippen molar-refractivity contribution in [2.75, 3.05) is 7.05 Å². The molecule has 2 nitrogen and oxygen atoms in total. The van der Waals surface area contributed by atoms with Crippen molar-refractivity contribution in [2.24, 2.45) is 0 Å². The Bertz CT molecular complexity index is 115. The van der Waals surface area contributed by atoms with Gasteiger partial charge in [0.25, 0.3) is 0 Å². The zero-order valence-electron chi connectivity index (χ0n) is 4.60. The molecule has 0 N–H and O–H groups in total. The maximum Gasteiger partial charge on any atom is 0.223 e. The van der Waals surface area contributed by atoms with Crippen LogP contribution in [0.5, 0.6) is 0 Å². The number of alkyl halides is 1. The molecule has 1 unspecified atom stereocenters. The summed E-state index contributed by atoms with van der Waals surface area (Å²) in [5.74, 6) is 0.187. The van der Waals surface area contributed by atoms with Crippen LogP contribution in [-0.2, 0) is 4.79 Å². The van der Waals surface area contributed by atoms with Crippen LogP contribution in [0.1, 0.15) is 6.42 Å². The van der Waals surface area contributed by atoms with Gasteiger partial charge in [0, 0.05) is 19.9 Å². The Hall–Kier alpha value is -0.0500. The van der Waals surface area contributed by atoms with E-state index in [0.717, 1.165) is 0 Å². The fourth-order valence-electron chi connectivity index (χ4n) is 0.638. The molecule has 1 aliphatic rings. The van der Waals surface area contributed by atoms with Gasteiger partial charge in [-0.1, -0.05) is 15.9 Å². The smallest absolute Gasteiger partial charge is 0.223 e. The normalized spacial score (nSPS) is 29.5. The summed E-state index contributed by atoms with van der Waals surface area (Å²) in [7, 11) is 1.78. The molecule has 1 saturated heterocycles. The predicted molar refractivity (Wildman–Crippen MR) is 34.4 cm³/mol. The lowest BCUT2D eigenvalue weighted by atomic mass is 10.4. The quantitative estimate of drug-likeness (QED) is 0.395. The van der Waals surface area contributed by atoms with Gasteiger partial charge in [0.15, 0.2) is 0 Å². The summed E-state index contributed by atoms with van der Waals surface area (Å²) in [4.78, 5) is 12.5. The van der Waals surface area contributed by atoms with E-state index in [1.54, 1.807) is 11.9 Å². The number of rotatable bonds is 0. The van der Waals surface area contributed by atoms with Gasteiger partial charge in [-0.15, -0.1) is 0 Å². The lowest BCUT2D eigenvalue weighted by Gasteiger charge is -2.11. The maximum atomic E-state index is 10.6. The van der Waals surface area contributed by atoms with E-state index in [4.69, 9.17) is 0 Å². The molecule has 8 heavy (non-hydrogen) atoms. The van der Waals surface area contributed by atoms with Gasteiger partial charge in [0.05, 0.1) is 4.95 Å². The van der Waals surface area contributed by atoms with Crippen LogP contribution >= 0.6 is 15.9 Å². The summed E-state index contributed by atoms with van der Waals surface area (Å²) < 4.78 is 0. The summed E-state index contributed by atoms with van der Waals surface area (Å²) in [6.07, 6.45) is 2.51. The predicted octanol–water partition coefficient (Wildman–Crippen LogP) is 0.774. The lowest BCUT2D eigenvalue weighted by Crippen LogP contribution is -2.23. The van der Waals surface area contributed by atoms with Crippen LogP contribution in [0, 0.1) is 6.42 Å². The van der Waals surface area contributed by atoms with E-state index in [0.29, 0.717) is 6.42 Å². The zero-order chi connectivity index (χ0) is 6.15. The van der Waals surface area contributed by atoms with Crippen LogP contribution in [0.3, 0.4) is 0 Å². The Morgan fingerprint density at radius 2 is 2.62 bits per heavy atom. The molecule has 1 rings (SSSR count). The minimum absolute atomic E-state index is 0.162. The SMILES string of the molecule is CN1C(=O)C[CH]C1Br. The van der Waals surface area contributed by atoms with Gasteiger partial charge in [0.2, 0.25) is 5.91 Å². The van der Waals surface area contributed by atoms with E-state index < -0.39 is 0 Å². The number of halogens is 1. The summed E-state index contributed by atoms with van der Waals surface area (Å²) in [5, 5.41) is 0. The van der Waals surface area contributed by atoms with Crippen molar-refractivity contribution in [3.63, 3.8) is 0 Å². The van der Waals surface area contributed by atoms with Crippen molar-refractivity contribution in [2.45, 2.75) is 11.4 Å². The monoisotopic (exact) mass is 176 g/mol. The largest absolute Gasteiger partial charge is 0.333 e. The van der Waals surface area contributed by atoms with Crippen LogP contribution in [0.4, 0.5) is 0 Å². The molecule has 0 saturated carbocycles. The molecule has 0 aromatic rings. The molecular weight excluding hydrogens is 170 g/mol. The van der Waals surface area contributed by atoms with Crippen LogP contribution in [-0.4, -0.2) is 22.8 Å². The molecule has 0 aromatic heterocycles. The molecule has 1 fully saturated rings. The Morgan fingerprint density at radius 1 is 2.00 bits per heavy atom. The van der Waals surface area contributed by atoms with Gasteiger partial charge < -0.3 is 4.90 Å². The molecule has 0 aliphatic carbocycles. The van der Waals surface area contributed by atoms with Crippen molar-refractivity contribution >= 4 is 21.8 Å². The van der Waals surface area contributed by atoms with Crippen LogP contribution in [0.2, 0.25) is 0 Å². The number of hydrogen-bond donors (Lipinski definition) is 0. The Kier molecular flexibility index (Phi) is 1.56. The van der Waals surface area contributed by atoms with Crippen LogP contribution in [0.15, 0.2) is 0 Å². The van der Waals surface area contributed by atoms with E-state index in [9.17, 15) is 4.79 Å². The first-order valence-corrected chi connectivity index (χ1v) is 3.36. The molecule has 45 valence electrons. The fraction of sp³-hybridized carbons (Fsp3) is 0.600. The Balaban J connectivity index is 2.56. The van der Waals surface area contributed by atoms with Crippen molar-refractivity contribution < 1.29 is 4.79 Å². The number of nitrogens with zero attached hydrogens (tertiary/aromatic N) is 1. The minimum Gasteiger partial charge on any atom is -0.333 e. The number of amides is 1. The molecule has 3 heteroatoms. The third-order valence-corrected chi connectivity index (χ3v) is 2.24. The van der Waals surface area contributed by atoms with E-state index in [1.165, 1.54) is 0 Å². The topological polar surface area (TPSA) is 20.3 Å². The van der Waals surface area contributed by atoms with Gasteiger partial charge in [-0.25, -0.2) is 0 Å². The van der Waals surface area contributed by atoms with Crippen molar-refractivity contribution in [1.82, 2.24) is 4.90 Å². The molecule has 1 heterocycles. The number of carbonyl (C=O) groups is 1. The van der Waals surface area contributed by atoms with E-state index in [2.05, 4.69) is 15.9 Å². The van der Waals surface area contributed by atoms with Gasteiger partial charge in [-0.3, -0.25) is 4.79 Å². The molecule has 1 atom stereocenters. The highest BCUT2D eigenvalue weighted by atomic mass is 79.9. The first-order chi connectivity index (χ1) is 3.72. The van der Waals surface area contributed by atoms with Crippen LogP contribution in [0.25, 0.3) is 0 Å². The molecule has 0 aromatic carbocycles. The zero-order valence-corrected chi connectivity index (χ0v) is 6.18. The summed E-state index contributed by atoms with van der Waals surface area (Å²) in [6, 6.07) is 0. The number of hydrogen-bond acceptors (Lipinski definition) is 1. The van der Waals surface area contributed by atoms with Gasteiger partial charge >= 0.3 is 0 Å². The summed E-state index contributed by atoms with van der Waals surface area (Å²) >= 11 is 3.29. The third kappa shape index (κ3) is 0.869. The Labute approximate surface area is 57.0 Å². The van der Waals surface area contributed by atoms with Gasteiger partial charge in [0.1, 0.15) is 0 Å². The van der Waals surface area contributed by atoms with E-state index >= 15 is 0 Å². The number of carbonyl (C=O) groups excluding carboxylic acids is 1. The third-order valence-electron chi connectivity index (χ3n) is 1.25. The highest BCUT2D eigenvalue weighted by molar-refractivity contribution is 9.09. The molecule has 1 radical (unpaired) electrons. The molecular formula is C5H7BrNO. The second kappa shape index (κ2) is 2.05. The minimum atomic E-state index is 0.162. The van der Waals surface area contributed by atoms with E-state index in [-0.39, 0.29) is 10.9 Å². The van der Waals surface area contributed by atoms with Crippen molar-refractivity contribution in [3.8, 4) is 0 Å². The van der Waals surface area contributed by atoms with Gasteiger partial charge in [-0.05, 0) is 0 Å². The second-order valence-electron chi connectivity index (χ2n) is 1.82. The Morgan fingerprint density at radius 3 is 2.75 bits per heavy atom. The van der Waals surface area contributed by atoms with Crippen molar-refractivity contribution in [3.05, 3.63) is 6.42 Å². The fourth-order valence-corrected chi connectivity index (χ4v) is 1.05. The first-order valence-electron chi connectivity index (χ1n) is 2.45. The second-order valence-corrected chi connectivity index (χ2v) is 2.76. The summed E-state index contributed by atoms with van der Waals surface area (Å²) in [6.45, 7) is 0. The number of likely N-dealkylation sites (tertiary alicyclic amines) is 1. The first kappa shape index (κ1) is 6.08. The lowest BCUT2D eigenvalue weighted by molar-refractivity contribution is -0.126. The van der Waals surface area contributed by atoms with Gasteiger partial charge in [-0.2, -0.15) is 0 Å². The standard InChI is InChI=1S/C5H7BrNO/c1-7-4(6)2-3-5(7)8/h2,4H,3H2,1H3. The molecule has 0 spiro atoms. The molecule has 0 bridgehead atoms. The maximum absolute atomic E-state index is 10.6. The van der Waals surface area contributed by atoms with Crippen molar-refractivity contribution in [1.29, 1.82) is 0 Å². The summed E-state index contributed by atoms with van der Waals surface area (Å²) in [5.41, 5.74) is 0. The average molecular weight is 177 g/mol. The highest BCUT2D eigenvalue weighted by Gasteiger charge is 2.24. The van der Waals surface area contributed by atoms with Crippen LogP contribution < -0.4 is 0 Å².